The van der Waals surface area contributed by atoms with Crippen LogP contribution < -0.4 is 5.63 Å². The Labute approximate surface area is 72.4 Å². The Kier molecular flexibility index (Phi) is 2.48. The third-order valence-corrected chi connectivity index (χ3v) is 1.80. The fourth-order valence-electron chi connectivity index (χ4n) is 0.691. The fraction of sp³-hybridized carbons (Fsp3) is 0.286. The first-order valence-electron chi connectivity index (χ1n) is 3.01. The van der Waals surface area contributed by atoms with E-state index in [0.29, 0.717) is 0 Å². The number of aryl methyl sites for hydroxylation is 1. The first kappa shape index (κ1) is 7.78. The molecule has 1 rings (SSSR count). The van der Waals surface area contributed by atoms with Gasteiger partial charge in [-0.3, -0.25) is 0 Å². The van der Waals surface area contributed by atoms with Crippen molar-refractivity contribution >= 4 is 22.6 Å². The number of hydrogen-bond donors (Lipinski definition) is 0. The van der Waals surface area contributed by atoms with Crippen molar-refractivity contribution in [2.45, 2.75) is 13.3 Å². The zero-order chi connectivity index (χ0) is 7.56. The van der Waals surface area contributed by atoms with Gasteiger partial charge >= 0.3 is 5.63 Å². The Morgan fingerprint density at radius 3 is 2.90 bits per heavy atom. The van der Waals surface area contributed by atoms with Crippen LogP contribution in [0.2, 0.25) is 0 Å². The molecule has 0 atom stereocenters. The van der Waals surface area contributed by atoms with Crippen LogP contribution >= 0.6 is 22.6 Å². The fourth-order valence-corrected chi connectivity index (χ4v) is 1.19. The molecule has 0 aliphatic rings. The quantitative estimate of drug-likeness (QED) is 0.711. The lowest BCUT2D eigenvalue weighted by atomic mass is 10.2. The maximum Gasteiger partial charge on any atom is 0.338 e. The lowest BCUT2D eigenvalue weighted by Crippen LogP contribution is -2.05. The molecular formula is C7H7IO2. The van der Waals surface area contributed by atoms with Crippen molar-refractivity contribution in [1.29, 1.82) is 0 Å². The van der Waals surface area contributed by atoms with Gasteiger partial charge in [-0.15, -0.1) is 0 Å². The standard InChI is InChI=1S/C7H7IO2/c1-2-5-3-6(8)4-10-7(5)9/h3-4H,2H2,1H3. The van der Waals surface area contributed by atoms with Crippen LogP contribution in [0.1, 0.15) is 12.5 Å². The molecule has 0 saturated carbocycles. The van der Waals surface area contributed by atoms with Crippen LogP contribution in [0.4, 0.5) is 0 Å². The average Bonchev–Trinajstić information content (AvgIpc) is 1.94. The van der Waals surface area contributed by atoms with Crippen LogP contribution in [0, 0.1) is 3.57 Å². The second-order valence-corrected chi connectivity index (χ2v) is 3.18. The highest BCUT2D eigenvalue weighted by Crippen LogP contribution is 2.03. The predicted octanol–water partition coefficient (Wildman–Crippen LogP) is 1.81. The van der Waals surface area contributed by atoms with Crippen LogP contribution in [0.3, 0.4) is 0 Å². The molecule has 0 radical (unpaired) electrons. The van der Waals surface area contributed by atoms with Crippen molar-refractivity contribution in [1.82, 2.24) is 0 Å². The average molecular weight is 250 g/mol. The van der Waals surface area contributed by atoms with Gasteiger partial charge in [0.05, 0.1) is 0 Å². The molecule has 0 saturated heterocycles. The van der Waals surface area contributed by atoms with Crippen molar-refractivity contribution in [2.75, 3.05) is 0 Å². The summed E-state index contributed by atoms with van der Waals surface area (Å²) in [6, 6.07) is 1.84. The molecule has 1 aromatic heterocycles. The van der Waals surface area contributed by atoms with E-state index in [-0.39, 0.29) is 5.63 Å². The van der Waals surface area contributed by atoms with Crippen LogP contribution in [-0.2, 0) is 6.42 Å². The minimum Gasteiger partial charge on any atom is -0.430 e. The highest BCUT2D eigenvalue weighted by atomic mass is 127. The van der Waals surface area contributed by atoms with Crippen LogP contribution in [0.5, 0.6) is 0 Å². The molecule has 0 aliphatic heterocycles. The zero-order valence-electron chi connectivity index (χ0n) is 5.56. The Morgan fingerprint density at radius 2 is 2.40 bits per heavy atom. The summed E-state index contributed by atoms with van der Waals surface area (Å²) in [5.74, 6) is 0. The molecule has 0 spiro atoms. The Balaban J connectivity index is 3.22. The van der Waals surface area contributed by atoms with E-state index in [1.807, 2.05) is 13.0 Å². The molecule has 0 aromatic carbocycles. The zero-order valence-corrected chi connectivity index (χ0v) is 7.71. The molecule has 0 fully saturated rings. The van der Waals surface area contributed by atoms with Gasteiger partial charge < -0.3 is 4.42 Å². The summed E-state index contributed by atoms with van der Waals surface area (Å²) < 4.78 is 5.68. The third-order valence-electron chi connectivity index (χ3n) is 1.23. The van der Waals surface area contributed by atoms with Gasteiger partial charge in [-0.1, -0.05) is 6.92 Å². The second-order valence-electron chi connectivity index (χ2n) is 1.93. The van der Waals surface area contributed by atoms with Gasteiger partial charge in [0.1, 0.15) is 6.26 Å². The number of halogens is 1. The second kappa shape index (κ2) is 3.18. The third kappa shape index (κ3) is 1.59. The predicted molar refractivity (Wildman–Crippen MR) is 47.1 cm³/mol. The highest BCUT2D eigenvalue weighted by molar-refractivity contribution is 14.1. The topological polar surface area (TPSA) is 30.2 Å². The Bertz CT molecular complexity index is 277. The Morgan fingerprint density at radius 1 is 1.70 bits per heavy atom. The van der Waals surface area contributed by atoms with Crippen molar-refractivity contribution < 1.29 is 4.42 Å². The van der Waals surface area contributed by atoms with Crippen LogP contribution in [-0.4, -0.2) is 0 Å². The summed E-state index contributed by atoms with van der Waals surface area (Å²) in [4.78, 5) is 10.8. The highest BCUT2D eigenvalue weighted by Gasteiger charge is 1.97. The van der Waals surface area contributed by atoms with Crippen LogP contribution in [0.15, 0.2) is 21.5 Å². The molecule has 0 bridgehead atoms. The van der Waals surface area contributed by atoms with Gasteiger partial charge in [0.25, 0.3) is 0 Å². The summed E-state index contributed by atoms with van der Waals surface area (Å²) in [7, 11) is 0. The summed E-state index contributed by atoms with van der Waals surface area (Å²) >= 11 is 2.11. The maximum absolute atomic E-state index is 10.8. The molecule has 0 N–H and O–H groups in total. The van der Waals surface area contributed by atoms with Gasteiger partial charge in [0.15, 0.2) is 0 Å². The molecule has 0 amide bonds. The molecule has 1 aromatic rings. The van der Waals surface area contributed by atoms with Gasteiger partial charge in [-0.2, -0.15) is 0 Å². The molecule has 1 heterocycles. The summed E-state index contributed by atoms with van der Waals surface area (Å²) in [6.07, 6.45) is 2.20. The van der Waals surface area contributed by atoms with Crippen molar-refractivity contribution in [3.05, 3.63) is 31.9 Å². The van der Waals surface area contributed by atoms with Crippen molar-refractivity contribution in [2.24, 2.45) is 0 Å². The largest absolute Gasteiger partial charge is 0.430 e. The van der Waals surface area contributed by atoms with Gasteiger partial charge in [0, 0.05) is 9.13 Å². The first-order chi connectivity index (χ1) is 4.74. The van der Waals surface area contributed by atoms with Gasteiger partial charge in [-0.25, -0.2) is 4.79 Å². The molecule has 3 heteroatoms. The Hall–Kier alpha value is -0.320. The molecule has 0 unspecified atom stereocenters. The minimum absolute atomic E-state index is 0.220. The normalized spacial score (nSPS) is 9.80. The minimum atomic E-state index is -0.220. The van der Waals surface area contributed by atoms with E-state index >= 15 is 0 Å². The molecule has 2 nitrogen and oxygen atoms in total. The summed E-state index contributed by atoms with van der Waals surface area (Å²) in [6.45, 7) is 1.93. The number of hydrogen-bond acceptors (Lipinski definition) is 2. The van der Waals surface area contributed by atoms with E-state index < -0.39 is 0 Å². The lowest BCUT2D eigenvalue weighted by Gasteiger charge is -1.92. The molecule has 10 heavy (non-hydrogen) atoms. The molecule has 0 aliphatic carbocycles. The lowest BCUT2D eigenvalue weighted by molar-refractivity contribution is 0.499. The first-order valence-corrected chi connectivity index (χ1v) is 4.09. The smallest absolute Gasteiger partial charge is 0.338 e. The van der Waals surface area contributed by atoms with E-state index in [0.717, 1.165) is 15.6 Å². The van der Waals surface area contributed by atoms with Crippen molar-refractivity contribution in [3.8, 4) is 0 Å². The van der Waals surface area contributed by atoms with E-state index in [1.165, 1.54) is 6.26 Å². The molecular weight excluding hydrogens is 243 g/mol. The molecule has 54 valence electrons. The number of rotatable bonds is 1. The van der Waals surface area contributed by atoms with Gasteiger partial charge in [-0.05, 0) is 35.1 Å². The monoisotopic (exact) mass is 250 g/mol. The van der Waals surface area contributed by atoms with E-state index in [2.05, 4.69) is 22.6 Å². The van der Waals surface area contributed by atoms with Gasteiger partial charge in [0.2, 0.25) is 0 Å². The van der Waals surface area contributed by atoms with E-state index in [9.17, 15) is 4.79 Å². The van der Waals surface area contributed by atoms with E-state index in [1.54, 1.807) is 0 Å². The van der Waals surface area contributed by atoms with E-state index in [4.69, 9.17) is 4.42 Å². The van der Waals surface area contributed by atoms with Crippen LogP contribution in [0.25, 0.3) is 0 Å². The SMILES string of the molecule is CCc1cc(I)coc1=O. The maximum atomic E-state index is 10.8. The van der Waals surface area contributed by atoms with Crippen molar-refractivity contribution in [3.63, 3.8) is 0 Å². The summed E-state index contributed by atoms with van der Waals surface area (Å²) in [5, 5.41) is 0. The summed E-state index contributed by atoms with van der Waals surface area (Å²) in [5.41, 5.74) is 0.523.